The topological polar surface area (TPSA) is 49.4 Å². The maximum absolute atomic E-state index is 13.2. The van der Waals surface area contributed by atoms with Crippen molar-refractivity contribution < 1.29 is 9.59 Å². The maximum Gasteiger partial charge on any atom is 0.262 e. The van der Waals surface area contributed by atoms with Crippen molar-refractivity contribution in [2.75, 3.05) is 19.6 Å². The van der Waals surface area contributed by atoms with Crippen molar-refractivity contribution in [3.8, 4) is 0 Å². The van der Waals surface area contributed by atoms with E-state index in [0.717, 1.165) is 40.9 Å². The van der Waals surface area contributed by atoms with Crippen LogP contribution < -0.4 is 5.32 Å². The highest BCUT2D eigenvalue weighted by Crippen LogP contribution is 2.35. The molecule has 0 aromatic heterocycles. The highest BCUT2D eigenvalue weighted by atomic mass is 16.2. The Bertz CT molecular complexity index is 1010. The Morgan fingerprint density at radius 3 is 2.58 bits per heavy atom. The van der Waals surface area contributed by atoms with Gasteiger partial charge in [0.1, 0.15) is 0 Å². The van der Waals surface area contributed by atoms with Crippen LogP contribution in [0.15, 0.2) is 48.5 Å². The Hall–Kier alpha value is -2.72. The number of amides is 2. The van der Waals surface area contributed by atoms with E-state index in [1.54, 1.807) is 0 Å². The van der Waals surface area contributed by atoms with E-state index in [1.165, 1.54) is 4.90 Å². The average Bonchev–Trinajstić information content (AvgIpc) is 2.66. The van der Waals surface area contributed by atoms with Gasteiger partial charge in [-0.1, -0.05) is 49.7 Å². The van der Waals surface area contributed by atoms with Crippen LogP contribution >= 0.6 is 0 Å². The Morgan fingerprint density at radius 2 is 1.73 bits per heavy atom. The van der Waals surface area contributed by atoms with Crippen LogP contribution in [0.5, 0.6) is 0 Å². The SMILES string of the molecule is CCCCNCCN1C(=O)c2cccc3cc4ccccc4c(c23)C1=O. The lowest BCUT2D eigenvalue weighted by atomic mass is 9.89. The van der Waals surface area contributed by atoms with Crippen LogP contribution in [0.2, 0.25) is 0 Å². The molecule has 4 heteroatoms. The Morgan fingerprint density at radius 1 is 0.923 bits per heavy atom. The van der Waals surface area contributed by atoms with Crippen LogP contribution in [-0.4, -0.2) is 36.3 Å². The molecule has 2 amide bonds. The van der Waals surface area contributed by atoms with Gasteiger partial charge in [-0.3, -0.25) is 14.5 Å². The Balaban J connectivity index is 1.78. The quantitative estimate of drug-likeness (QED) is 0.417. The molecule has 26 heavy (non-hydrogen) atoms. The number of unbranched alkanes of at least 4 members (excludes halogenated alkanes) is 1. The summed E-state index contributed by atoms with van der Waals surface area (Å²) in [5, 5.41) is 6.98. The summed E-state index contributed by atoms with van der Waals surface area (Å²) in [4.78, 5) is 27.6. The van der Waals surface area contributed by atoms with Crippen molar-refractivity contribution in [1.29, 1.82) is 0 Å². The first-order valence-corrected chi connectivity index (χ1v) is 9.23. The molecule has 0 atom stereocenters. The molecule has 1 N–H and O–H groups in total. The van der Waals surface area contributed by atoms with E-state index in [4.69, 9.17) is 0 Å². The van der Waals surface area contributed by atoms with E-state index in [-0.39, 0.29) is 11.8 Å². The molecule has 0 saturated carbocycles. The molecule has 3 aromatic carbocycles. The van der Waals surface area contributed by atoms with Gasteiger partial charge in [0.05, 0.1) is 5.56 Å². The number of hydrogen-bond acceptors (Lipinski definition) is 3. The van der Waals surface area contributed by atoms with E-state index in [0.29, 0.717) is 24.2 Å². The summed E-state index contributed by atoms with van der Waals surface area (Å²) < 4.78 is 0. The molecular weight excluding hydrogens is 324 g/mol. The number of hydrogen-bond donors (Lipinski definition) is 1. The van der Waals surface area contributed by atoms with E-state index in [2.05, 4.69) is 18.3 Å². The molecule has 4 rings (SSSR count). The molecule has 132 valence electrons. The number of nitrogens with zero attached hydrogens (tertiary/aromatic N) is 1. The van der Waals surface area contributed by atoms with Crippen molar-refractivity contribution in [1.82, 2.24) is 10.2 Å². The van der Waals surface area contributed by atoms with E-state index < -0.39 is 0 Å². The van der Waals surface area contributed by atoms with Gasteiger partial charge >= 0.3 is 0 Å². The normalized spacial score (nSPS) is 13.8. The van der Waals surface area contributed by atoms with Crippen molar-refractivity contribution in [2.24, 2.45) is 0 Å². The second kappa shape index (κ2) is 6.89. The van der Waals surface area contributed by atoms with E-state index in [1.807, 2.05) is 42.5 Å². The molecule has 0 bridgehead atoms. The predicted octanol–water partition coefficient (Wildman–Crippen LogP) is 3.98. The third kappa shape index (κ3) is 2.67. The number of nitrogens with one attached hydrogen (secondary N) is 1. The first-order chi connectivity index (χ1) is 12.7. The summed E-state index contributed by atoms with van der Waals surface area (Å²) in [5.41, 5.74) is 1.28. The summed E-state index contributed by atoms with van der Waals surface area (Å²) in [6.45, 7) is 4.05. The number of rotatable bonds is 6. The van der Waals surface area contributed by atoms with Gasteiger partial charge in [-0.15, -0.1) is 0 Å². The lowest BCUT2D eigenvalue weighted by Crippen LogP contribution is -2.44. The lowest BCUT2D eigenvalue weighted by Gasteiger charge is -2.28. The van der Waals surface area contributed by atoms with Gasteiger partial charge in [0.2, 0.25) is 0 Å². The van der Waals surface area contributed by atoms with E-state index >= 15 is 0 Å². The molecule has 0 fully saturated rings. The number of imide groups is 1. The van der Waals surface area contributed by atoms with E-state index in [9.17, 15) is 9.59 Å². The van der Waals surface area contributed by atoms with Gasteiger partial charge in [0.15, 0.2) is 0 Å². The minimum Gasteiger partial charge on any atom is -0.315 e. The van der Waals surface area contributed by atoms with Crippen LogP contribution in [0.3, 0.4) is 0 Å². The monoisotopic (exact) mass is 346 g/mol. The molecule has 3 aromatic rings. The molecule has 0 unspecified atom stereocenters. The van der Waals surface area contributed by atoms with Gasteiger partial charge in [-0.2, -0.15) is 0 Å². The Kier molecular flexibility index (Phi) is 4.43. The highest BCUT2D eigenvalue weighted by molar-refractivity contribution is 6.30. The molecule has 0 radical (unpaired) electrons. The molecule has 0 spiro atoms. The summed E-state index contributed by atoms with van der Waals surface area (Å²) in [6.07, 6.45) is 2.21. The summed E-state index contributed by atoms with van der Waals surface area (Å²) in [7, 11) is 0. The third-order valence-corrected chi connectivity index (χ3v) is 5.04. The van der Waals surface area contributed by atoms with Gasteiger partial charge in [-0.05, 0) is 41.3 Å². The maximum atomic E-state index is 13.2. The predicted molar refractivity (Wildman–Crippen MR) is 105 cm³/mol. The zero-order valence-corrected chi connectivity index (χ0v) is 14.9. The zero-order valence-electron chi connectivity index (χ0n) is 14.9. The molecule has 0 saturated heterocycles. The van der Waals surface area contributed by atoms with Gasteiger partial charge in [-0.25, -0.2) is 0 Å². The largest absolute Gasteiger partial charge is 0.315 e. The van der Waals surface area contributed by atoms with Gasteiger partial charge in [0.25, 0.3) is 11.8 Å². The van der Waals surface area contributed by atoms with Crippen molar-refractivity contribution in [2.45, 2.75) is 19.8 Å². The highest BCUT2D eigenvalue weighted by Gasteiger charge is 2.33. The number of carbonyl (C=O) groups excluding carboxylic acids is 2. The third-order valence-electron chi connectivity index (χ3n) is 5.04. The Labute approximate surface area is 152 Å². The van der Waals surface area contributed by atoms with Crippen molar-refractivity contribution >= 4 is 33.4 Å². The van der Waals surface area contributed by atoms with Gasteiger partial charge < -0.3 is 5.32 Å². The fourth-order valence-electron chi connectivity index (χ4n) is 3.72. The first-order valence-electron chi connectivity index (χ1n) is 9.23. The van der Waals surface area contributed by atoms with Gasteiger partial charge in [0, 0.05) is 24.0 Å². The fourth-order valence-corrected chi connectivity index (χ4v) is 3.72. The second-order valence-electron chi connectivity index (χ2n) is 6.74. The summed E-state index contributed by atoms with van der Waals surface area (Å²) >= 11 is 0. The molecule has 4 nitrogen and oxygen atoms in total. The van der Waals surface area contributed by atoms with Crippen LogP contribution in [0.4, 0.5) is 0 Å². The number of carbonyl (C=O) groups is 2. The smallest absolute Gasteiger partial charge is 0.262 e. The standard InChI is InChI=1S/C22H22N2O2/c1-2-3-11-23-12-13-24-21(25)18-10-6-8-16-14-15-7-4-5-9-17(15)20(19(16)18)22(24)26/h4-10,14,23H,2-3,11-13H2,1H3. The molecule has 0 aliphatic carbocycles. The average molecular weight is 346 g/mol. The minimum atomic E-state index is -0.194. The van der Waals surface area contributed by atoms with Crippen LogP contribution in [0, 0.1) is 0 Å². The van der Waals surface area contributed by atoms with Crippen LogP contribution in [0.1, 0.15) is 40.5 Å². The summed E-state index contributed by atoms with van der Waals surface area (Å²) in [5.74, 6) is -0.381. The number of fused-ring (bicyclic) bond motifs is 2. The molecular formula is C22H22N2O2. The summed E-state index contributed by atoms with van der Waals surface area (Å²) in [6, 6.07) is 15.6. The first kappa shape index (κ1) is 16.7. The van der Waals surface area contributed by atoms with Crippen LogP contribution in [0.25, 0.3) is 21.5 Å². The lowest BCUT2D eigenvalue weighted by molar-refractivity contribution is 0.0613. The van der Waals surface area contributed by atoms with Crippen LogP contribution in [-0.2, 0) is 0 Å². The molecule has 1 heterocycles. The second-order valence-corrected chi connectivity index (χ2v) is 6.74. The number of benzene rings is 3. The zero-order chi connectivity index (χ0) is 18.1. The molecule has 1 aliphatic heterocycles. The minimum absolute atomic E-state index is 0.187. The molecule has 1 aliphatic rings. The van der Waals surface area contributed by atoms with Crippen molar-refractivity contribution in [3.63, 3.8) is 0 Å². The fraction of sp³-hybridized carbons (Fsp3) is 0.273. The van der Waals surface area contributed by atoms with Crippen molar-refractivity contribution in [3.05, 3.63) is 59.7 Å².